The van der Waals surface area contributed by atoms with E-state index in [0.29, 0.717) is 32.7 Å². The summed E-state index contributed by atoms with van der Waals surface area (Å²) >= 11 is 12.1. The number of hydrogen-bond donors (Lipinski definition) is 1. The van der Waals surface area contributed by atoms with Gasteiger partial charge in [-0.25, -0.2) is 5.43 Å². The summed E-state index contributed by atoms with van der Waals surface area (Å²) in [5, 5.41) is 4.95. The molecule has 0 bridgehead atoms. The molecule has 0 saturated heterocycles. The standard InChI is InChI=1S/C17H11Cl2N3O2/c18-12-3-5-15(19)14(8-12)16-6-4-13(24-16)10-21-22-17(23)11-2-1-7-20-9-11/h1-10H,(H,22,23)/b21-10-. The first-order valence-corrected chi connectivity index (χ1v) is 7.68. The van der Waals surface area contributed by atoms with Gasteiger partial charge in [0.15, 0.2) is 0 Å². The Morgan fingerprint density at radius 1 is 1.21 bits per heavy atom. The highest BCUT2D eigenvalue weighted by molar-refractivity contribution is 6.35. The third kappa shape index (κ3) is 3.82. The van der Waals surface area contributed by atoms with Crippen molar-refractivity contribution in [3.63, 3.8) is 0 Å². The summed E-state index contributed by atoms with van der Waals surface area (Å²) in [6.45, 7) is 0. The fourth-order valence-corrected chi connectivity index (χ4v) is 2.35. The Balaban J connectivity index is 1.70. The van der Waals surface area contributed by atoms with E-state index in [9.17, 15) is 4.79 Å². The normalized spacial score (nSPS) is 10.9. The molecule has 0 unspecified atom stereocenters. The average molecular weight is 360 g/mol. The van der Waals surface area contributed by atoms with E-state index < -0.39 is 0 Å². The second-order valence-corrected chi connectivity index (χ2v) is 5.61. The molecular weight excluding hydrogens is 349 g/mol. The van der Waals surface area contributed by atoms with E-state index in [1.54, 1.807) is 48.7 Å². The van der Waals surface area contributed by atoms with Gasteiger partial charge in [-0.2, -0.15) is 5.10 Å². The molecule has 2 aromatic heterocycles. The van der Waals surface area contributed by atoms with Gasteiger partial charge in [-0.15, -0.1) is 0 Å². The Bertz CT molecular complexity index is 892. The summed E-state index contributed by atoms with van der Waals surface area (Å²) in [5.74, 6) is 0.666. The highest BCUT2D eigenvalue weighted by Crippen LogP contribution is 2.31. The second-order valence-electron chi connectivity index (χ2n) is 4.77. The summed E-state index contributed by atoms with van der Waals surface area (Å²) < 4.78 is 5.64. The van der Waals surface area contributed by atoms with Crippen LogP contribution in [0.15, 0.2) is 64.4 Å². The second kappa shape index (κ2) is 7.29. The van der Waals surface area contributed by atoms with Crippen LogP contribution in [-0.2, 0) is 0 Å². The molecule has 0 aliphatic rings. The summed E-state index contributed by atoms with van der Waals surface area (Å²) in [7, 11) is 0. The van der Waals surface area contributed by atoms with Crippen LogP contribution in [0.3, 0.4) is 0 Å². The van der Waals surface area contributed by atoms with Crippen LogP contribution in [0.1, 0.15) is 16.1 Å². The average Bonchev–Trinajstić information content (AvgIpc) is 3.06. The number of nitrogens with zero attached hydrogens (tertiary/aromatic N) is 2. The van der Waals surface area contributed by atoms with Gasteiger partial charge in [0.05, 0.1) is 16.8 Å². The maximum absolute atomic E-state index is 11.8. The number of hydrogen-bond acceptors (Lipinski definition) is 4. The summed E-state index contributed by atoms with van der Waals surface area (Å²) in [6.07, 6.45) is 4.44. The third-order valence-corrected chi connectivity index (χ3v) is 3.67. The van der Waals surface area contributed by atoms with Gasteiger partial charge in [0.1, 0.15) is 11.5 Å². The first-order valence-electron chi connectivity index (χ1n) is 6.92. The molecule has 0 fully saturated rings. The fraction of sp³-hybridized carbons (Fsp3) is 0. The molecule has 5 nitrogen and oxygen atoms in total. The van der Waals surface area contributed by atoms with E-state index in [-0.39, 0.29) is 5.91 Å². The zero-order chi connectivity index (χ0) is 16.9. The van der Waals surface area contributed by atoms with Crippen LogP contribution in [0.4, 0.5) is 0 Å². The molecule has 3 aromatic rings. The van der Waals surface area contributed by atoms with E-state index >= 15 is 0 Å². The molecule has 0 radical (unpaired) electrons. The van der Waals surface area contributed by atoms with Gasteiger partial charge >= 0.3 is 0 Å². The van der Waals surface area contributed by atoms with Crippen molar-refractivity contribution in [2.75, 3.05) is 0 Å². The summed E-state index contributed by atoms with van der Waals surface area (Å²) in [5.41, 5.74) is 3.50. The Morgan fingerprint density at radius 3 is 2.88 bits per heavy atom. The molecule has 24 heavy (non-hydrogen) atoms. The molecule has 7 heteroatoms. The van der Waals surface area contributed by atoms with Gasteiger partial charge in [0.2, 0.25) is 0 Å². The first kappa shape index (κ1) is 16.2. The maximum atomic E-state index is 11.8. The smallest absolute Gasteiger partial charge is 0.272 e. The Morgan fingerprint density at radius 2 is 2.08 bits per heavy atom. The quantitative estimate of drug-likeness (QED) is 0.554. The first-order chi connectivity index (χ1) is 11.6. The minimum absolute atomic E-state index is 0.357. The van der Waals surface area contributed by atoms with Crippen molar-refractivity contribution < 1.29 is 9.21 Å². The van der Waals surface area contributed by atoms with Crippen molar-refractivity contribution in [3.8, 4) is 11.3 Å². The highest BCUT2D eigenvalue weighted by atomic mass is 35.5. The lowest BCUT2D eigenvalue weighted by Gasteiger charge is -2.01. The van der Waals surface area contributed by atoms with Crippen molar-refractivity contribution in [1.82, 2.24) is 10.4 Å². The Hall–Kier alpha value is -2.63. The summed E-state index contributed by atoms with van der Waals surface area (Å²) in [4.78, 5) is 15.7. The molecule has 0 aliphatic heterocycles. The van der Waals surface area contributed by atoms with Gasteiger partial charge in [-0.1, -0.05) is 23.2 Å². The monoisotopic (exact) mass is 359 g/mol. The molecule has 0 atom stereocenters. The molecule has 0 saturated carbocycles. The van der Waals surface area contributed by atoms with Crippen molar-refractivity contribution in [2.24, 2.45) is 5.10 Å². The number of halogens is 2. The minimum Gasteiger partial charge on any atom is -0.455 e. The van der Waals surface area contributed by atoms with E-state index in [4.69, 9.17) is 27.6 Å². The predicted molar refractivity (Wildman–Crippen MR) is 93.5 cm³/mol. The molecule has 2 heterocycles. The SMILES string of the molecule is O=C(N/N=C\c1ccc(-c2cc(Cl)ccc2Cl)o1)c1cccnc1. The summed E-state index contributed by atoms with van der Waals surface area (Å²) in [6, 6.07) is 11.9. The van der Waals surface area contributed by atoms with Crippen LogP contribution in [0.2, 0.25) is 10.0 Å². The van der Waals surface area contributed by atoms with Crippen LogP contribution in [0, 0.1) is 0 Å². The third-order valence-electron chi connectivity index (χ3n) is 3.10. The largest absolute Gasteiger partial charge is 0.455 e. The molecule has 1 N–H and O–H groups in total. The number of rotatable bonds is 4. The van der Waals surface area contributed by atoms with Crippen LogP contribution < -0.4 is 5.43 Å². The van der Waals surface area contributed by atoms with Crippen LogP contribution >= 0.6 is 23.2 Å². The van der Waals surface area contributed by atoms with Crippen LogP contribution in [-0.4, -0.2) is 17.1 Å². The molecular formula is C17H11Cl2N3O2. The van der Waals surface area contributed by atoms with Gasteiger partial charge < -0.3 is 4.42 Å². The van der Waals surface area contributed by atoms with Crippen LogP contribution in [0.5, 0.6) is 0 Å². The molecule has 0 aliphatic carbocycles. The lowest BCUT2D eigenvalue weighted by molar-refractivity contribution is 0.0955. The van der Waals surface area contributed by atoms with Crippen LogP contribution in [0.25, 0.3) is 11.3 Å². The minimum atomic E-state index is -0.357. The number of carbonyl (C=O) groups excluding carboxylic acids is 1. The van der Waals surface area contributed by atoms with E-state index in [0.717, 1.165) is 0 Å². The molecule has 1 amide bonds. The molecule has 0 spiro atoms. The molecule has 1 aromatic carbocycles. The molecule has 120 valence electrons. The maximum Gasteiger partial charge on any atom is 0.272 e. The number of aromatic nitrogens is 1. The fourth-order valence-electron chi connectivity index (χ4n) is 1.97. The number of nitrogens with one attached hydrogen (secondary N) is 1. The van der Waals surface area contributed by atoms with Crippen molar-refractivity contribution >= 4 is 35.3 Å². The van der Waals surface area contributed by atoms with E-state index in [1.165, 1.54) is 12.4 Å². The van der Waals surface area contributed by atoms with Gasteiger partial charge in [0, 0.05) is 23.0 Å². The number of hydrazone groups is 1. The van der Waals surface area contributed by atoms with Crippen molar-refractivity contribution in [1.29, 1.82) is 0 Å². The van der Waals surface area contributed by atoms with Crippen molar-refractivity contribution in [3.05, 3.63) is 76.2 Å². The van der Waals surface area contributed by atoms with Crippen molar-refractivity contribution in [2.45, 2.75) is 0 Å². The highest BCUT2D eigenvalue weighted by Gasteiger charge is 2.09. The topological polar surface area (TPSA) is 67.5 Å². The number of amides is 1. The zero-order valence-electron chi connectivity index (χ0n) is 12.2. The predicted octanol–water partition coefficient (Wildman–Crippen LogP) is 4.41. The lowest BCUT2D eigenvalue weighted by atomic mass is 10.2. The number of benzene rings is 1. The molecule has 3 rings (SSSR count). The number of furan rings is 1. The zero-order valence-corrected chi connectivity index (χ0v) is 13.8. The van der Waals surface area contributed by atoms with Gasteiger partial charge in [0.25, 0.3) is 5.91 Å². The van der Waals surface area contributed by atoms with E-state index in [2.05, 4.69) is 15.5 Å². The number of pyridine rings is 1. The van der Waals surface area contributed by atoms with Gasteiger partial charge in [-0.05, 0) is 42.5 Å². The Labute approximate surface area is 147 Å². The number of carbonyl (C=O) groups is 1. The van der Waals surface area contributed by atoms with E-state index in [1.807, 2.05) is 0 Å². The van der Waals surface area contributed by atoms with Gasteiger partial charge in [-0.3, -0.25) is 9.78 Å². The lowest BCUT2D eigenvalue weighted by Crippen LogP contribution is -2.17. The Kier molecular flexibility index (Phi) is 4.93.